The van der Waals surface area contributed by atoms with E-state index in [9.17, 15) is 0 Å². The number of para-hydroxylation sites is 3. The van der Waals surface area contributed by atoms with Gasteiger partial charge in [0.25, 0.3) is 0 Å². The third-order valence-corrected chi connectivity index (χ3v) is 14.4. The molecule has 0 N–H and O–H groups in total. The van der Waals surface area contributed by atoms with Gasteiger partial charge in [0.05, 0.1) is 39.5 Å². The molecule has 3 aromatic heterocycles. The molecule has 2 atom stereocenters. The zero-order valence-corrected chi connectivity index (χ0v) is 37.7. The maximum atomic E-state index is 5.42. The topological polar surface area (TPSA) is 51.8 Å². The van der Waals surface area contributed by atoms with Gasteiger partial charge >= 0.3 is 0 Å². The molecule has 4 heterocycles. The van der Waals surface area contributed by atoms with Gasteiger partial charge in [0, 0.05) is 44.3 Å². The lowest BCUT2D eigenvalue weighted by Crippen LogP contribution is -2.30. The molecule has 2 aliphatic carbocycles. The molecule has 6 nitrogen and oxygen atoms in total. The third kappa shape index (κ3) is 6.29. The maximum Gasteiger partial charge on any atom is 0.234 e. The first kappa shape index (κ1) is 39.3. The second kappa shape index (κ2) is 15.9. The molecule has 14 rings (SSSR count). The Morgan fingerprint density at radius 1 is 0.420 bits per heavy atom. The maximum absolute atomic E-state index is 5.42. The van der Waals surface area contributed by atoms with Crippen molar-refractivity contribution in [1.29, 1.82) is 0 Å². The molecule has 6 heteroatoms. The van der Waals surface area contributed by atoms with E-state index in [4.69, 9.17) is 15.0 Å². The second-order valence-electron chi connectivity index (χ2n) is 18.3. The van der Waals surface area contributed by atoms with Crippen molar-refractivity contribution in [1.82, 2.24) is 24.1 Å². The van der Waals surface area contributed by atoms with Gasteiger partial charge in [0.2, 0.25) is 5.95 Å². The smallest absolute Gasteiger partial charge is 0.234 e. The quantitative estimate of drug-likeness (QED) is 0.160. The molecule has 11 aromatic rings. The van der Waals surface area contributed by atoms with Crippen LogP contribution in [0.5, 0.6) is 0 Å². The van der Waals surface area contributed by atoms with Crippen molar-refractivity contribution in [2.75, 3.05) is 4.90 Å². The van der Waals surface area contributed by atoms with Crippen LogP contribution in [0.15, 0.2) is 231 Å². The molecule has 0 spiro atoms. The molecule has 1 aliphatic heterocycles. The van der Waals surface area contributed by atoms with Crippen LogP contribution in [0.25, 0.3) is 88.9 Å². The number of hydrogen-bond acceptors (Lipinski definition) is 4. The summed E-state index contributed by atoms with van der Waals surface area (Å²) in [4.78, 5) is 18.4. The zero-order chi connectivity index (χ0) is 45.4. The molecule has 0 saturated heterocycles. The van der Waals surface area contributed by atoms with Crippen LogP contribution in [0.3, 0.4) is 0 Å². The highest BCUT2D eigenvalue weighted by atomic mass is 15.3. The first-order valence-corrected chi connectivity index (χ1v) is 23.9. The van der Waals surface area contributed by atoms with Crippen molar-refractivity contribution < 1.29 is 0 Å². The Balaban J connectivity index is 1.10. The van der Waals surface area contributed by atoms with Gasteiger partial charge in [-0.05, 0) is 77.1 Å². The van der Waals surface area contributed by atoms with Gasteiger partial charge in [-0.3, -0.25) is 0 Å². The summed E-state index contributed by atoms with van der Waals surface area (Å²) in [5.41, 5.74) is 16.3. The Bertz CT molecular complexity index is 3900. The van der Waals surface area contributed by atoms with E-state index in [0.717, 1.165) is 57.6 Å². The largest absolute Gasteiger partial charge is 0.307 e. The van der Waals surface area contributed by atoms with E-state index in [1.807, 2.05) is 36.4 Å². The SMILES string of the molecule is C1=CC2c3ccc4c5ccccc5n(-c5cc(C6=CC=C(c7ccccc7)CC6)cc6c7ccccc7n(-c7ccccc7)c56)c4c3N(c3nc(-c4ccccc4)nc(-c4ccccc4)n3)C2C=C1. The van der Waals surface area contributed by atoms with Crippen LogP contribution in [0.1, 0.15) is 35.4 Å². The Hall–Kier alpha value is -8.87. The first-order chi connectivity index (χ1) is 34.2. The number of hydrogen-bond donors (Lipinski definition) is 0. The van der Waals surface area contributed by atoms with Gasteiger partial charge in [-0.25, -0.2) is 4.98 Å². The lowest BCUT2D eigenvalue weighted by atomic mass is 9.89. The number of allylic oxidation sites excluding steroid dienone is 6. The minimum absolute atomic E-state index is 0.0677. The van der Waals surface area contributed by atoms with Gasteiger partial charge in [0.1, 0.15) is 0 Å². The zero-order valence-electron chi connectivity index (χ0n) is 37.7. The van der Waals surface area contributed by atoms with Crippen LogP contribution in [0.2, 0.25) is 0 Å². The lowest BCUT2D eigenvalue weighted by molar-refractivity contribution is 0.728. The standard InChI is InChI=1S/C63H44N6/c1-5-19-41(20-6-1)42-33-35-43(36-34-42)46-39-53-50-29-15-16-30-54(50)67(47-25-11-4-12-26-47)58(53)57(40-46)68-55-31-17-13-27-48(55)51-37-38-52-49-28-14-18-32-56(49)69(60(52)59(51)68)63-65-61(44-21-7-2-8-22-44)64-62(66-63)45-23-9-3-10-24-45/h1-33,35,37-40,49,56H,34,36H2. The number of benzene rings is 8. The minimum Gasteiger partial charge on any atom is -0.307 e. The van der Waals surface area contributed by atoms with Crippen LogP contribution < -0.4 is 4.90 Å². The summed E-state index contributed by atoms with van der Waals surface area (Å²) in [7, 11) is 0. The van der Waals surface area contributed by atoms with Gasteiger partial charge in [-0.1, -0.05) is 194 Å². The van der Waals surface area contributed by atoms with E-state index in [0.29, 0.717) is 17.6 Å². The number of rotatable bonds is 7. The summed E-state index contributed by atoms with van der Waals surface area (Å²) in [5, 5.41) is 4.80. The van der Waals surface area contributed by atoms with E-state index in [2.05, 4.69) is 208 Å². The summed E-state index contributed by atoms with van der Waals surface area (Å²) >= 11 is 0. The van der Waals surface area contributed by atoms with E-state index >= 15 is 0 Å². The van der Waals surface area contributed by atoms with Crippen molar-refractivity contribution in [3.8, 4) is 34.2 Å². The van der Waals surface area contributed by atoms with Crippen molar-refractivity contribution in [2.45, 2.75) is 24.8 Å². The third-order valence-electron chi connectivity index (χ3n) is 14.4. The Labute approximate surface area is 399 Å². The number of anilines is 2. The molecule has 0 bridgehead atoms. The van der Waals surface area contributed by atoms with Crippen LogP contribution in [-0.2, 0) is 0 Å². The summed E-state index contributed by atoms with van der Waals surface area (Å²) in [6.45, 7) is 0. The van der Waals surface area contributed by atoms with Gasteiger partial charge in [-0.15, -0.1) is 0 Å². The summed E-state index contributed by atoms with van der Waals surface area (Å²) in [6, 6.07) is 69.6. The number of aromatic nitrogens is 5. The predicted molar refractivity (Wildman–Crippen MR) is 284 cm³/mol. The normalized spacial score (nSPS) is 16.3. The van der Waals surface area contributed by atoms with Gasteiger partial charge in [-0.2, -0.15) is 9.97 Å². The summed E-state index contributed by atoms with van der Waals surface area (Å²) in [6.07, 6.45) is 15.6. The molecule has 69 heavy (non-hydrogen) atoms. The molecule has 0 radical (unpaired) electrons. The first-order valence-electron chi connectivity index (χ1n) is 23.9. The molecular formula is C63H44N6. The van der Waals surface area contributed by atoms with E-state index < -0.39 is 0 Å². The molecule has 2 unspecified atom stereocenters. The average Bonchev–Trinajstić information content (AvgIpc) is 4.08. The summed E-state index contributed by atoms with van der Waals surface area (Å²) in [5.74, 6) is 1.96. The van der Waals surface area contributed by atoms with Crippen LogP contribution in [0, 0.1) is 0 Å². The minimum atomic E-state index is -0.0724. The predicted octanol–water partition coefficient (Wildman–Crippen LogP) is 15.4. The van der Waals surface area contributed by atoms with E-state index in [1.165, 1.54) is 54.9 Å². The molecule has 326 valence electrons. The second-order valence-corrected chi connectivity index (χ2v) is 18.3. The summed E-state index contributed by atoms with van der Waals surface area (Å²) < 4.78 is 5.04. The Morgan fingerprint density at radius 2 is 0.971 bits per heavy atom. The molecule has 0 amide bonds. The molecule has 0 fully saturated rings. The highest BCUT2D eigenvalue weighted by Crippen LogP contribution is 2.53. The van der Waals surface area contributed by atoms with Crippen LogP contribution >= 0.6 is 0 Å². The van der Waals surface area contributed by atoms with Gasteiger partial charge in [0.15, 0.2) is 11.6 Å². The fourth-order valence-electron chi connectivity index (χ4n) is 11.3. The molecule has 8 aromatic carbocycles. The van der Waals surface area contributed by atoms with Crippen molar-refractivity contribution in [3.05, 3.63) is 247 Å². The number of fused-ring (bicyclic) bond motifs is 10. The van der Waals surface area contributed by atoms with Crippen LogP contribution in [-0.4, -0.2) is 30.1 Å². The Kier molecular flexibility index (Phi) is 9.05. The van der Waals surface area contributed by atoms with Crippen molar-refractivity contribution in [2.24, 2.45) is 0 Å². The van der Waals surface area contributed by atoms with Crippen molar-refractivity contribution in [3.63, 3.8) is 0 Å². The molecular weight excluding hydrogens is 841 g/mol. The molecule has 3 aliphatic rings. The fourth-order valence-corrected chi connectivity index (χ4v) is 11.3. The van der Waals surface area contributed by atoms with E-state index in [1.54, 1.807) is 0 Å². The number of nitrogens with zero attached hydrogens (tertiary/aromatic N) is 6. The highest BCUT2D eigenvalue weighted by Gasteiger charge is 2.42. The fraction of sp³-hybridized carbons (Fsp3) is 0.0635. The lowest BCUT2D eigenvalue weighted by Gasteiger charge is -2.28. The van der Waals surface area contributed by atoms with Crippen LogP contribution in [0.4, 0.5) is 11.6 Å². The average molecular weight is 885 g/mol. The van der Waals surface area contributed by atoms with Gasteiger partial charge < -0.3 is 14.0 Å². The Morgan fingerprint density at radius 3 is 1.62 bits per heavy atom. The monoisotopic (exact) mass is 884 g/mol. The van der Waals surface area contributed by atoms with E-state index in [-0.39, 0.29) is 12.0 Å². The highest BCUT2D eigenvalue weighted by molar-refractivity contribution is 6.18. The van der Waals surface area contributed by atoms with Crippen molar-refractivity contribution >= 4 is 66.4 Å². The molecule has 0 saturated carbocycles.